The van der Waals surface area contributed by atoms with Crippen molar-refractivity contribution in [3.05, 3.63) is 29.3 Å². The molecule has 1 aromatic rings. The Morgan fingerprint density at radius 2 is 2.16 bits per heavy atom. The molecule has 1 atom stereocenters. The lowest BCUT2D eigenvalue weighted by molar-refractivity contribution is -0.124. The van der Waals surface area contributed by atoms with Crippen molar-refractivity contribution >= 4 is 17.5 Å². The quantitative estimate of drug-likeness (QED) is 0.723. The van der Waals surface area contributed by atoms with Crippen LogP contribution in [0.2, 0.25) is 0 Å². The molecule has 0 saturated carbocycles. The van der Waals surface area contributed by atoms with Crippen LogP contribution in [0.4, 0.5) is 14.5 Å². The van der Waals surface area contributed by atoms with Crippen molar-refractivity contribution in [3.63, 3.8) is 0 Å². The number of anilines is 1. The second-order valence-electron chi connectivity index (χ2n) is 4.28. The Labute approximate surface area is 108 Å². The molecular formula is C12H13F2N3O2. The van der Waals surface area contributed by atoms with Gasteiger partial charge in [-0.25, -0.2) is 8.78 Å². The van der Waals surface area contributed by atoms with Gasteiger partial charge in [-0.2, -0.15) is 0 Å². The maximum Gasteiger partial charge on any atom is 0.243 e. The summed E-state index contributed by atoms with van der Waals surface area (Å²) in [6.07, 6.45) is 0. The van der Waals surface area contributed by atoms with Crippen molar-refractivity contribution in [1.29, 1.82) is 0 Å². The number of hydrogen-bond acceptors (Lipinski definition) is 3. The molecule has 1 unspecified atom stereocenters. The molecule has 1 aromatic carbocycles. The largest absolute Gasteiger partial charge is 0.353 e. The maximum atomic E-state index is 13.7. The van der Waals surface area contributed by atoms with Crippen LogP contribution in [0, 0.1) is 18.6 Å². The van der Waals surface area contributed by atoms with Crippen LogP contribution in [-0.2, 0) is 9.59 Å². The summed E-state index contributed by atoms with van der Waals surface area (Å²) in [5, 5.41) is 7.36. The Morgan fingerprint density at radius 1 is 1.42 bits per heavy atom. The molecule has 1 fully saturated rings. The second-order valence-corrected chi connectivity index (χ2v) is 4.28. The first kappa shape index (κ1) is 13.4. The van der Waals surface area contributed by atoms with Crippen molar-refractivity contribution in [2.24, 2.45) is 0 Å². The number of benzene rings is 1. The highest BCUT2D eigenvalue weighted by Crippen LogP contribution is 2.21. The van der Waals surface area contributed by atoms with E-state index in [1.165, 1.54) is 13.0 Å². The van der Waals surface area contributed by atoms with Gasteiger partial charge in [0.05, 0.1) is 6.54 Å². The standard InChI is InChI=1S/C12H13F2N3O2/c1-6-2-3-7(13)11(10(6)14)17-12(19)8-4-16-9(18)5-15-8/h2-3,8,15H,4-5H2,1H3,(H,16,18)(H,17,19). The number of nitrogens with one attached hydrogen (secondary N) is 3. The number of halogens is 2. The first-order chi connectivity index (χ1) is 8.99. The van der Waals surface area contributed by atoms with Crippen LogP contribution in [0.25, 0.3) is 0 Å². The van der Waals surface area contributed by atoms with E-state index in [-0.39, 0.29) is 24.6 Å². The van der Waals surface area contributed by atoms with Crippen molar-refractivity contribution in [2.75, 3.05) is 18.4 Å². The minimum Gasteiger partial charge on any atom is -0.353 e. The molecule has 1 saturated heterocycles. The molecular weight excluding hydrogens is 256 g/mol. The first-order valence-electron chi connectivity index (χ1n) is 5.74. The van der Waals surface area contributed by atoms with Crippen molar-refractivity contribution < 1.29 is 18.4 Å². The predicted octanol–water partition coefficient (Wildman–Crippen LogP) is 0.300. The molecule has 1 aliphatic rings. The lowest BCUT2D eigenvalue weighted by Gasteiger charge is -2.23. The van der Waals surface area contributed by atoms with Gasteiger partial charge < -0.3 is 10.6 Å². The molecule has 19 heavy (non-hydrogen) atoms. The molecule has 0 aromatic heterocycles. The van der Waals surface area contributed by atoms with E-state index in [1.807, 2.05) is 0 Å². The fourth-order valence-electron chi connectivity index (χ4n) is 1.73. The minimum absolute atomic E-state index is 0.00311. The first-order valence-corrected chi connectivity index (χ1v) is 5.74. The SMILES string of the molecule is Cc1ccc(F)c(NC(=O)C2CNC(=O)CN2)c1F. The molecule has 5 nitrogen and oxygen atoms in total. The summed E-state index contributed by atoms with van der Waals surface area (Å²) in [5.74, 6) is -2.45. The Bertz CT molecular complexity index is 524. The van der Waals surface area contributed by atoms with E-state index in [4.69, 9.17) is 0 Å². The highest BCUT2D eigenvalue weighted by Gasteiger charge is 2.25. The third kappa shape index (κ3) is 2.87. The number of carbonyl (C=O) groups excluding carboxylic acids is 2. The Kier molecular flexibility index (Phi) is 3.75. The van der Waals surface area contributed by atoms with Gasteiger partial charge in [-0.3, -0.25) is 14.9 Å². The molecule has 0 radical (unpaired) electrons. The molecule has 0 spiro atoms. The summed E-state index contributed by atoms with van der Waals surface area (Å²) >= 11 is 0. The second kappa shape index (κ2) is 5.31. The number of rotatable bonds is 2. The number of amides is 2. The van der Waals surface area contributed by atoms with Crippen LogP contribution < -0.4 is 16.0 Å². The van der Waals surface area contributed by atoms with E-state index in [0.717, 1.165) is 6.07 Å². The summed E-state index contributed by atoms with van der Waals surface area (Å²) in [5.41, 5.74) is -0.231. The minimum atomic E-state index is -0.837. The fraction of sp³-hybridized carbons (Fsp3) is 0.333. The molecule has 1 aliphatic heterocycles. The van der Waals surface area contributed by atoms with Gasteiger partial charge in [0.1, 0.15) is 17.5 Å². The van der Waals surface area contributed by atoms with Crippen molar-refractivity contribution in [3.8, 4) is 0 Å². The van der Waals surface area contributed by atoms with Crippen LogP contribution in [0.3, 0.4) is 0 Å². The molecule has 2 rings (SSSR count). The Morgan fingerprint density at radius 3 is 2.79 bits per heavy atom. The monoisotopic (exact) mass is 269 g/mol. The lowest BCUT2D eigenvalue weighted by Crippen LogP contribution is -2.56. The van der Waals surface area contributed by atoms with Crippen LogP contribution in [0.5, 0.6) is 0 Å². The fourth-order valence-corrected chi connectivity index (χ4v) is 1.73. The van der Waals surface area contributed by atoms with E-state index in [2.05, 4.69) is 16.0 Å². The summed E-state index contributed by atoms with van der Waals surface area (Å²) in [6.45, 7) is 1.56. The zero-order valence-corrected chi connectivity index (χ0v) is 10.2. The van der Waals surface area contributed by atoms with Gasteiger partial charge >= 0.3 is 0 Å². The summed E-state index contributed by atoms with van der Waals surface area (Å²) in [6, 6.07) is 1.67. The predicted molar refractivity (Wildman–Crippen MR) is 64.5 cm³/mol. The van der Waals surface area contributed by atoms with Gasteiger partial charge in [0.25, 0.3) is 0 Å². The van der Waals surface area contributed by atoms with Gasteiger partial charge in [-0.15, -0.1) is 0 Å². The van der Waals surface area contributed by atoms with Gasteiger partial charge in [0, 0.05) is 6.54 Å². The van der Waals surface area contributed by atoms with Crippen LogP contribution >= 0.6 is 0 Å². The van der Waals surface area contributed by atoms with Gasteiger partial charge in [0.2, 0.25) is 11.8 Å². The highest BCUT2D eigenvalue weighted by atomic mass is 19.1. The van der Waals surface area contributed by atoms with E-state index < -0.39 is 29.3 Å². The van der Waals surface area contributed by atoms with Gasteiger partial charge in [0.15, 0.2) is 5.82 Å². The third-order valence-corrected chi connectivity index (χ3v) is 2.86. The number of carbonyl (C=O) groups is 2. The average Bonchev–Trinajstić information content (AvgIpc) is 2.40. The van der Waals surface area contributed by atoms with E-state index in [0.29, 0.717) is 0 Å². The van der Waals surface area contributed by atoms with Crippen molar-refractivity contribution in [2.45, 2.75) is 13.0 Å². The van der Waals surface area contributed by atoms with Gasteiger partial charge in [-0.05, 0) is 18.6 Å². The summed E-state index contributed by atoms with van der Waals surface area (Å²) in [7, 11) is 0. The Balaban J connectivity index is 2.11. The smallest absolute Gasteiger partial charge is 0.243 e. The van der Waals surface area contributed by atoms with E-state index in [1.54, 1.807) is 0 Å². The number of aryl methyl sites for hydroxylation is 1. The summed E-state index contributed by atoms with van der Waals surface area (Å²) < 4.78 is 27.2. The van der Waals surface area contributed by atoms with Crippen LogP contribution in [-0.4, -0.2) is 30.9 Å². The zero-order chi connectivity index (χ0) is 14.0. The van der Waals surface area contributed by atoms with Crippen LogP contribution in [0.15, 0.2) is 12.1 Å². The zero-order valence-electron chi connectivity index (χ0n) is 10.2. The molecule has 1 heterocycles. The Hall–Kier alpha value is -2.02. The molecule has 0 aliphatic carbocycles. The van der Waals surface area contributed by atoms with Crippen molar-refractivity contribution in [1.82, 2.24) is 10.6 Å². The normalized spacial score (nSPS) is 18.9. The summed E-state index contributed by atoms with van der Waals surface area (Å²) in [4.78, 5) is 22.7. The van der Waals surface area contributed by atoms with E-state index in [9.17, 15) is 18.4 Å². The average molecular weight is 269 g/mol. The molecule has 2 amide bonds. The number of hydrogen-bond donors (Lipinski definition) is 3. The number of piperazine rings is 1. The lowest BCUT2D eigenvalue weighted by atomic mass is 10.1. The molecule has 3 N–H and O–H groups in total. The topological polar surface area (TPSA) is 70.2 Å². The van der Waals surface area contributed by atoms with Crippen LogP contribution in [0.1, 0.15) is 5.56 Å². The van der Waals surface area contributed by atoms with Gasteiger partial charge in [-0.1, -0.05) is 6.07 Å². The molecule has 0 bridgehead atoms. The highest BCUT2D eigenvalue weighted by molar-refractivity contribution is 5.96. The molecule has 102 valence electrons. The third-order valence-electron chi connectivity index (χ3n) is 2.86. The maximum absolute atomic E-state index is 13.7. The molecule has 7 heteroatoms. The van der Waals surface area contributed by atoms with E-state index >= 15 is 0 Å².